The molecule has 0 saturated heterocycles. The fraction of sp³-hybridized carbons (Fsp3) is 0.500. The Labute approximate surface area is 150 Å². The van der Waals surface area contributed by atoms with Gasteiger partial charge < -0.3 is 0 Å². The van der Waals surface area contributed by atoms with E-state index in [2.05, 4.69) is 5.10 Å². The third kappa shape index (κ3) is 3.78. The highest BCUT2D eigenvalue weighted by Gasteiger charge is 2.40. The Morgan fingerprint density at radius 3 is 2.32 bits per heavy atom. The molecule has 0 amide bonds. The van der Waals surface area contributed by atoms with Gasteiger partial charge in [-0.05, 0) is 32.3 Å². The number of aromatic nitrogens is 2. The van der Waals surface area contributed by atoms with E-state index >= 15 is 0 Å². The summed E-state index contributed by atoms with van der Waals surface area (Å²) >= 11 is 0. The molecule has 1 saturated carbocycles. The Balaban J connectivity index is 1.84. The quantitative estimate of drug-likeness (QED) is 0.760. The summed E-state index contributed by atoms with van der Waals surface area (Å²) in [7, 11) is 0.0168. The summed E-state index contributed by atoms with van der Waals surface area (Å²) in [5, 5.41) is 4.42. The molecule has 25 heavy (non-hydrogen) atoms. The van der Waals surface area contributed by atoms with Crippen LogP contribution < -0.4 is 0 Å². The normalized spacial score (nSPS) is 15.3. The number of hydrogen-bond donors (Lipinski definition) is 0. The number of aryl methyl sites for hydroxylation is 2. The summed E-state index contributed by atoms with van der Waals surface area (Å²) < 4.78 is 31.3. The molecule has 0 spiro atoms. The summed E-state index contributed by atoms with van der Waals surface area (Å²) in [6.07, 6.45) is 1.85. The Bertz CT molecular complexity index is 841. The van der Waals surface area contributed by atoms with E-state index in [9.17, 15) is 8.42 Å². The first-order valence-corrected chi connectivity index (χ1v) is 9.96. The fourth-order valence-electron chi connectivity index (χ4n) is 3.06. The average molecular weight is 362 g/mol. The number of nitrogens with zero attached hydrogens (tertiary/aromatic N) is 4. The minimum absolute atomic E-state index is 0.0993. The largest absolute Gasteiger partial charge is 0.282 e. The van der Waals surface area contributed by atoms with Gasteiger partial charge in [-0.25, -0.2) is 0 Å². The number of benzene rings is 1. The molecule has 1 fully saturated rings. The van der Waals surface area contributed by atoms with Crippen molar-refractivity contribution in [3.63, 3.8) is 0 Å². The van der Waals surface area contributed by atoms with Gasteiger partial charge in [-0.15, -0.1) is 0 Å². The molecule has 0 N–H and O–H groups in total. The van der Waals surface area contributed by atoms with Crippen molar-refractivity contribution in [3.05, 3.63) is 52.8 Å². The van der Waals surface area contributed by atoms with Crippen molar-refractivity contribution < 1.29 is 8.42 Å². The predicted molar refractivity (Wildman–Crippen MR) is 98.1 cm³/mol. The lowest BCUT2D eigenvalue weighted by Gasteiger charge is -2.28. The first kappa shape index (κ1) is 18.1. The third-order valence-corrected chi connectivity index (χ3v) is 6.80. The van der Waals surface area contributed by atoms with E-state index in [0.29, 0.717) is 13.1 Å². The maximum Gasteiger partial charge on any atom is 0.282 e. The van der Waals surface area contributed by atoms with E-state index in [1.807, 2.05) is 55.9 Å². The molecule has 1 aromatic carbocycles. The maximum atomic E-state index is 13.2. The summed E-state index contributed by atoms with van der Waals surface area (Å²) in [6, 6.07) is 9.78. The van der Waals surface area contributed by atoms with E-state index in [4.69, 9.17) is 0 Å². The van der Waals surface area contributed by atoms with E-state index in [-0.39, 0.29) is 6.04 Å². The van der Waals surface area contributed by atoms with Crippen molar-refractivity contribution in [1.82, 2.24) is 18.4 Å². The molecule has 136 valence electrons. The smallest absolute Gasteiger partial charge is 0.272 e. The molecule has 6 nitrogen and oxygen atoms in total. The topological polar surface area (TPSA) is 58.4 Å². The van der Waals surface area contributed by atoms with Crippen LogP contribution in [-0.2, 0) is 30.3 Å². The minimum Gasteiger partial charge on any atom is -0.272 e. The molecule has 0 atom stereocenters. The van der Waals surface area contributed by atoms with Crippen LogP contribution >= 0.6 is 0 Å². The zero-order valence-corrected chi connectivity index (χ0v) is 16.1. The Morgan fingerprint density at radius 2 is 1.80 bits per heavy atom. The Kier molecular flexibility index (Phi) is 4.99. The standard InChI is InChI=1S/C18H26N4O2S/c1-14-18(15(2)21(4)19-14)13-22(17-10-11-17)25(23,24)20(3)12-16-8-6-5-7-9-16/h5-9,17H,10-13H2,1-4H3. The summed E-state index contributed by atoms with van der Waals surface area (Å²) in [6.45, 7) is 4.68. The van der Waals surface area contributed by atoms with Gasteiger partial charge in [0.05, 0.1) is 5.69 Å². The monoisotopic (exact) mass is 362 g/mol. The zero-order valence-electron chi connectivity index (χ0n) is 15.3. The molecule has 1 aromatic heterocycles. The molecule has 3 rings (SSSR count). The van der Waals surface area contributed by atoms with E-state index in [1.54, 1.807) is 11.4 Å². The summed E-state index contributed by atoms with van der Waals surface area (Å²) in [5.74, 6) is 0. The van der Waals surface area contributed by atoms with Crippen LogP contribution in [0.25, 0.3) is 0 Å². The number of hydrogen-bond acceptors (Lipinski definition) is 3. The van der Waals surface area contributed by atoms with Crippen LogP contribution in [0.1, 0.15) is 35.4 Å². The van der Waals surface area contributed by atoms with Crippen LogP contribution in [0.3, 0.4) is 0 Å². The summed E-state index contributed by atoms with van der Waals surface area (Å²) in [4.78, 5) is 0. The van der Waals surface area contributed by atoms with Gasteiger partial charge in [-0.3, -0.25) is 4.68 Å². The van der Waals surface area contributed by atoms with Crippen molar-refractivity contribution in [3.8, 4) is 0 Å². The maximum absolute atomic E-state index is 13.2. The van der Waals surface area contributed by atoms with Crippen LogP contribution in [0, 0.1) is 13.8 Å². The number of rotatable bonds is 7. The molecule has 2 aromatic rings. The van der Waals surface area contributed by atoms with Crippen molar-refractivity contribution in [2.24, 2.45) is 7.05 Å². The predicted octanol–water partition coefficient (Wildman–Crippen LogP) is 2.38. The van der Waals surface area contributed by atoms with Gasteiger partial charge in [-0.1, -0.05) is 30.3 Å². The van der Waals surface area contributed by atoms with Crippen molar-refractivity contribution in [1.29, 1.82) is 0 Å². The highest BCUT2D eigenvalue weighted by atomic mass is 32.2. The van der Waals surface area contributed by atoms with Gasteiger partial charge in [0.2, 0.25) is 0 Å². The minimum atomic E-state index is -3.53. The van der Waals surface area contributed by atoms with Crippen LogP contribution in [0.2, 0.25) is 0 Å². The van der Waals surface area contributed by atoms with Gasteiger partial charge in [0.1, 0.15) is 0 Å². The lowest BCUT2D eigenvalue weighted by molar-refractivity contribution is 0.344. The first-order chi connectivity index (χ1) is 11.8. The molecule has 7 heteroatoms. The molecular weight excluding hydrogens is 336 g/mol. The third-order valence-electron chi connectivity index (χ3n) is 4.87. The average Bonchev–Trinajstić information content (AvgIpc) is 3.36. The van der Waals surface area contributed by atoms with Gasteiger partial charge in [0.25, 0.3) is 10.2 Å². The van der Waals surface area contributed by atoms with E-state index < -0.39 is 10.2 Å². The second kappa shape index (κ2) is 6.90. The highest BCUT2D eigenvalue weighted by Crippen LogP contribution is 2.33. The van der Waals surface area contributed by atoms with Gasteiger partial charge in [0.15, 0.2) is 0 Å². The van der Waals surface area contributed by atoms with Crippen LogP contribution in [0.15, 0.2) is 30.3 Å². The Hall–Kier alpha value is -1.70. The molecule has 0 aliphatic heterocycles. The van der Waals surface area contributed by atoms with E-state index in [0.717, 1.165) is 35.4 Å². The van der Waals surface area contributed by atoms with Gasteiger partial charge in [0, 0.05) is 44.5 Å². The van der Waals surface area contributed by atoms with Gasteiger partial charge >= 0.3 is 0 Å². The van der Waals surface area contributed by atoms with Crippen molar-refractivity contribution in [2.75, 3.05) is 7.05 Å². The highest BCUT2D eigenvalue weighted by molar-refractivity contribution is 7.86. The lowest BCUT2D eigenvalue weighted by Crippen LogP contribution is -2.42. The first-order valence-electron chi connectivity index (χ1n) is 8.57. The van der Waals surface area contributed by atoms with Crippen molar-refractivity contribution >= 4 is 10.2 Å². The van der Waals surface area contributed by atoms with Crippen LogP contribution in [-0.4, -0.2) is 39.9 Å². The summed E-state index contributed by atoms with van der Waals surface area (Å²) in [5.41, 5.74) is 3.90. The van der Waals surface area contributed by atoms with Crippen LogP contribution in [0.4, 0.5) is 0 Å². The Morgan fingerprint density at radius 1 is 1.16 bits per heavy atom. The molecule has 1 heterocycles. The van der Waals surface area contributed by atoms with E-state index in [1.165, 1.54) is 4.31 Å². The molecular formula is C18H26N4O2S. The lowest BCUT2D eigenvalue weighted by atomic mass is 10.2. The molecule has 1 aliphatic rings. The molecule has 0 bridgehead atoms. The molecule has 0 radical (unpaired) electrons. The SMILES string of the molecule is Cc1nn(C)c(C)c1CN(C1CC1)S(=O)(=O)N(C)Cc1ccccc1. The van der Waals surface area contributed by atoms with Crippen LogP contribution in [0.5, 0.6) is 0 Å². The second-order valence-corrected chi connectivity index (χ2v) is 8.79. The van der Waals surface area contributed by atoms with Crippen molar-refractivity contribution in [2.45, 2.75) is 45.8 Å². The zero-order chi connectivity index (χ0) is 18.2. The fourth-order valence-corrected chi connectivity index (χ4v) is 4.61. The van der Waals surface area contributed by atoms with Gasteiger partial charge in [-0.2, -0.15) is 22.1 Å². The molecule has 1 aliphatic carbocycles. The molecule has 0 unspecified atom stereocenters. The second-order valence-electron chi connectivity index (χ2n) is 6.80.